The monoisotopic (exact) mass is 694 g/mol. The van der Waals surface area contributed by atoms with E-state index in [0.29, 0.717) is 25.2 Å². The molecule has 0 spiro atoms. The maximum Gasteiger partial charge on any atom is 0.302 e. The van der Waals surface area contributed by atoms with Gasteiger partial charge in [-0.1, -0.05) is 34.6 Å². The van der Waals surface area contributed by atoms with Crippen molar-refractivity contribution in [1.29, 1.82) is 0 Å². The van der Waals surface area contributed by atoms with Gasteiger partial charge in [0.2, 0.25) is 0 Å². The standard InChI is InChI=1S/C38H62O11/c1-19(15-22(40)31(45)34(5,6)46)21-9-14-38-18-37(21,38)13-10-24-35(7)12-11-26(41)33(3,4)25(35)16-27(36(24,38)8)49-32-30(44)29(43)28(42)23(48-32)17-47-20(2)39/h19,21-25,27-32,40,42-46H,9-18H2,1-8H3/t19-,21?,22-,23?,24?,25?,27-,28?,29?,30?,31-,32?,35+,36-,37+,38+/m0/s1. The molecular formula is C38H62O11. The number of carbonyl (C=O) groups is 2. The third-order valence-corrected chi connectivity index (χ3v) is 15.7. The zero-order chi connectivity index (χ0) is 36.3. The Balaban J connectivity index is 1.34. The summed E-state index contributed by atoms with van der Waals surface area (Å²) in [6.45, 7) is 15.0. The van der Waals surface area contributed by atoms with Gasteiger partial charge in [-0.25, -0.2) is 0 Å². The molecule has 5 aliphatic carbocycles. The Kier molecular flexibility index (Phi) is 9.34. The normalized spacial score (nSPS) is 49.1. The van der Waals surface area contributed by atoms with Gasteiger partial charge in [0.25, 0.3) is 0 Å². The highest BCUT2D eigenvalue weighted by Crippen LogP contribution is 2.91. The van der Waals surface area contributed by atoms with Crippen LogP contribution < -0.4 is 0 Å². The summed E-state index contributed by atoms with van der Waals surface area (Å²) >= 11 is 0. The second-order valence-electron chi connectivity index (χ2n) is 18.7. The molecule has 0 aromatic rings. The van der Waals surface area contributed by atoms with Crippen molar-refractivity contribution >= 4 is 11.8 Å². The molecule has 6 fully saturated rings. The molecule has 0 aromatic carbocycles. The Morgan fingerprint density at radius 1 is 1.00 bits per heavy atom. The molecule has 6 rings (SSSR count). The van der Waals surface area contributed by atoms with Crippen LogP contribution in [0.3, 0.4) is 0 Å². The molecule has 0 aromatic heterocycles. The zero-order valence-corrected chi connectivity index (χ0v) is 30.7. The van der Waals surface area contributed by atoms with Crippen LogP contribution in [0.4, 0.5) is 0 Å². The number of ketones is 1. The van der Waals surface area contributed by atoms with E-state index in [0.717, 1.165) is 38.5 Å². The number of Topliss-reactive ketones (excluding diaryl/α,β-unsaturated/α-hetero) is 1. The first-order valence-corrected chi connectivity index (χ1v) is 18.7. The molecule has 0 amide bonds. The summed E-state index contributed by atoms with van der Waals surface area (Å²) in [5.74, 6) is 0.356. The maximum absolute atomic E-state index is 13.5. The molecule has 1 heterocycles. The van der Waals surface area contributed by atoms with Gasteiger partial charge in [-0.2, -0.15) is 0 Å². The van der Waals surface area contributed by atoms with Crippen molar-refractivity contribution < 1.29 is 54.4 Å². The molecule has 1 saturated heterocycles. The minimum atomic E-state index is -1.57. The van der Waals surface area contributed by atoms with Gasteiger partial charge in [-0.3, -0.25) is 9.59 Å². The van der Waals surface area contributed by atoms with Crippen molar-refractivity contribution in [2.75, 3.05) is 6.61 Å². The van der Waals surface area contributed by atoms with Crippen molar-refractivity contribution in [2.24, 2.45) is 50.7 Å². The van der Waals surface area contributed by atoms with Gasteiger partial charge in [0, 0.05) is 24.2 Å². The lowest BCUT2D eigenvalue weighted by Crippen LogP contribution is -2.68. The molecule has 11 nitrogen and oxygen atoms in total. The van der Waals surface area contributed by atoms with Crippen molar-refractivity contribution in [3.05, 3.63) is 0 Å². The first-order chi connectivity index (χ1) is 22.6. The highest BCUT2D eigenvalue weighted by molar-refractivity contribution is 5.85. The summed E-state index contributed by atoms with van der Waals surface area (Å²) in [5, 5.41) is 64.8. The fourth-order valence-corrected chi connectivity index (χ4v) is 13.1. The van der Waals surface area contributed by atoms with Crippen LogP contribution in [0.25, 0.3) is 0 Å². The lowest BCUT2D eigenvalue weighted by atomic mass is 9.37. The van der Waals surface area contributed by atoms with E-state index < -0.39 is 66.0 Å². The van der Waals surface area contributed by atoms with Crippen LogP contribution in [0.2, 0.25) is 0 Å². The summed E-state index contributed by atoms with van der Waals surface area (Å²) in [6, 6.07) is 0. The number of hydrogen-bond donors (Lipinski definition) is 6. The number of ether oxygens (including phenoxy) is 3. The predicted molar refractivity (Wildman–Crippen MR) is 178 cm³/mol. The van der Waals surface area contributed by atoms with Gasteiger partial charge in [-0.15, -0.1) is 0 Å². The first kappa shape index (κ1) is 37.6. The van der Waals surface area contributed by atoms with Gasteiger partial charge in [0.05, 0.1) is 17.8 Å². The zero-order valence-electron chi connectivity index (χ0n) is 30.7. The lowest BCUT2D eigenvalue weighted by Gasteiger charge is -2.68. The number of aliphatic hydroxyl groups is 6. The summed E-state index contributed by atoms with van der Waals surface area (Å²) in [4.78, 5) is 25.0. The summed E-state index contributed by atoms with van der Waals surface area (Å²) in [7, 11) is 0. The minimum absolute atomic E-state index is 0.0154. The van der Waals surface area contributed by atoms with Gasteiger partial charge in [0.15, 0.2) is 6.29 Å². The topological polar surface area (TPSA) is 183 Å². The third kappa shape index (κ3) is 5.41. The molecule has 280 valence electrons. The van der Waals surface area contributed by atoms with Crippen molar-refractivity contribution in [3.63, 3.8) is 0 Å². The molecule has 11 heteroatoms. The van der Waals surface area contributed by atoms with Crippen molar-refractivity contribution in [2.45, 2.75) is 168 Å². The molecule has 8 unspecified atom stereocenters. The van der Waals surface area contributed by atoms with Crippen LogP contribution in [-0.4, -0.2) is 104 Å². The van der Waals surface area contributed by atoms with Gasteiger partial charge >= 0.3 is 5.97 Å². The van der Waals surface area contributed by atoms with Crippen molar-refractivity contribution in [3.8, 4) is 0 Å². The largest absolute Gasteiger partial charge is 0.463 e. The SMILES string of the molecule is CC(=O)OCC1OC(O[C@H]2CC3C(C)(C)C(=O)CC[C@]3(C)C3CC[C@]45C[C@]4(CCC5[C@@H](C)C[C@H](O)[C@H](O)C(C)(C)O)[C@@]32C)C(O)C(O)C1O. The van der Waals surface area contributed by atoms with Crippen LogP contribution in [0, 0.1) is 50.7 Å². The van der Waals surface area contributed by atoms with E-state index in [9.17, 15) is 40.2 Å². The average Bonchev–Trinajstić information content (AvgIpc) is 3.58. The molecule has 0 bridgehead atoms. The van der Waals surface area contributed by atoms with Crippen LogP contribution in [0.5, 0.6) is 0 Å². The lowest BCUT2D eigenvalue weighted by molar-refractivity contribution is -0.341. The van der Waals surface area contributed by atoms with E-state index in [4.69, 9.17) is 14.2 Å². The molecule has 1 aliphatic heterocycles. The second-order valence-corrected chi connectivity index (χ2v) is 18.7. The van der Waals surface area contributed by atoms with Crippen molar-refractivity contribution in [1.82, 2.24) is 0 Å². The Labute approximate surface area is 291 Å². The van der Waals surface area contributed by atoms with Crippen LogP contribution in [0.1, 0.15) is 113 Å². The second kappa shape index (κ2) is 12.2. The summed E-state index contributed by atoms with van der Waals surface area (Å²) in [5.41, 5.74) is -2.55. The smallest absolute Gasteiger partial charge is 0.302 e. The minimum Gasteiger partial charge on any atom is -0.463 e. The van der Waals surface area contributed by atoms with Crippen LogP contribution in [-0.2, 0) is 23.8 Å². The quantitative estimate of drug-likeness (QED) is 0.154. The van der Waals surface area contributed by atoms with E-state index in [-0.39, 0.29) is 51.8 Å². The van der Waals surface area contributed by atoms with E-state index in [2.05, 4.69) is 34.6 Å². The number of fused-ring (bicyclic) bond motifs is 3. The number of aliphatic hydroxyl groups excluding tert-OH is 5. The van der Waals surface area contributed by atoms with E-state index in [1.54, 1.807) is 0 Å². The molecule has 6 aliphatic rings. The molecule has 0 radical (unpaired) electrons. The predicted octanol–water partition coefficient (Wildman–Crippen LogP) is 2.88. The highest BCUT2D eigenvalue weighted by Gasteiger charge is 2.85. The van der Waals surface area contributed by atoms with E-state index >= 15 is 0 Å². The Morgan fingerprint density at radius 2 is 1.67 bits per heavy atom. The Morgan fingerprint density at radius 3 is 2.31 bits per heavy atom. The third-order valence-electron chi connectivity index (χ3n) is 15.7. The highest BCUT2D eigenvalue weighted by atomic mass is 16.7. The Hall–Kier alpha value is -1.18. The molecule has 16 atom stereocenters. The molecular weight excluding hydrogens is 632 g/mol. The van der Waals surface area contributed by atoms with E-state index in [1.807, 2.05) is 0 Å². The molecule has 5 saturated carbocycles. The number of rotatable bonds is 9. The Bertz CT molecular complexity index is 1300. The maximum atomic E-state index is 13.5. The fourth-order valence-electron chi connectivity index (χ4n) is 13.1. The number of hydrogen-bond acceptors (Lipinski definition) is 11. The molecule has 49 heavy (non-hydrogen) atoms. The van der Waals surface area contributed by atoms with Gasteiger partial charge in [-0.05, 0) is 105 Å². The molecule has 6 N–H and O–H groups in total. The summed E-state index contributed by atoms with van der Waals surface area (Å²) < 4.78 is 18.1. The van der Waals surface area contributed by atoms with Crippen LogP contribution in [0.15, 0.2) is 0 Å². The van der Waals surface area contributed by atoms with Gasteiger partial charge < -0.3 is 44.8 Å². The van der Waals surface area contributed by atoms with Crippen LogP contribution >= 0.6 is 0 Å². The number of carbonyl (C=O) groups excluding carboxylic acids is 2. The average molecular weight is 695 g/mol. The fraction of sp³-hybridized carbons (Fsp3) is 0.947. The van der Waals surface area contributed by atoms with Gasteiger partial charge in [0.1, 0.15) is 42.9 Å². The summed E-state index contributed by atoms with van der Waals surface area (Å²) in [6.07, 6.45) is -2.42. The first-order valence-electron chi connectivity index (χ1n) is 18.7. The number of esters is 1. The van der Waals surface area contributed by atoms with E-state index in [1.165, 1.54) is 20.8 Å².